The van der Waals surface area contributed by atoms with E-state index in [4.69, 9.17) is 4.74 Å². The number of benzene rings is 2. The van der Waals surface area contributed by atoms with E-state index in [2.05, 4.69) is 35.3 Å². The van der Waals surface area contributed by atoms with Crippen molar-refractivity contribution in [2.24, 2.45) is 0 Å². The summed E-state index contributed by atoms with van der Waals surface area (Å²) in [6, 6.07) is 23.7. The normalized spacial score (nSPS) is 18.2. The summed E-state index contributed by atoms with van der Waals surface area (Å²) in [7, 11) is 1.76. The van der Waals surface area contributed by atoms with Crippen LogP contribution in [0.4, 0.5) is 0 Å². The Morgan fingerprint density at radius 3 is 2.50 bits per heavy atom. The van der Waals surface area contributed by atoms with Crippen LogP contribution < -0.4 is 0 Å². The van der Waals surface area contributed by atoms with Crippen molar-refractivity contribution in [3.63, 3.8) is 0 Å². The molecule has 1 unspecified atom stereocenters. The van der Waals surface area contributed by atoms with Crippen LogP contribution in [-0.4, -0.2) is 12.1 Å². The molecule has 4 rings (SSSR count). The van der Waals surface area contributed by atoms with E-state index in [1.807, 2.05) is 42.6 Å². The molecule has 0 bridgehead atoms. The predicted molar refractivity (Wildman–Crippen MR) is 81.8 cm³/mol. The Kier molecular flexibility index (Phi) is 3.99. The molecule has 0 fully saturated rings. The van der Waals surface area contributed by atoms with Gasteiger partial charge in [-0.25, -0.2) is 0 Å². The van der Waals surface area contributed by atoms with E-state index in [9.17, 15) is 0 Å². The second-order valence-corrected chi connectivity index (χ2v) is 5.11. The van der Waals surface area contributed by atoms with Crippen molar-refractivity contribution in [1.82, 2.24) is 4.98 Å². The first-order valence-electron chi connectivity index (χ1n) is 6.95. The standard InChI is InChI=1S/C19H14NO.Pt/c1-21-19(14-8-3-2-4-9-14)16-11-6-5-10-15(16)18-17(19)12-7-13-20-18;/h2-9,11-13H,1H3;/q-1;. The van der Waals surface area contributed by atoms with Gasteiger partial charge in [-0.2, -0.15) is 0 Å². The SMILES string of the molecule is COC1(c2ccccc2)c2ccc[c-]c2-c2ncccc21.[Pt]. The number of ether oxygens (including phenoxy) is 1. The zero-order chi connectivity index (χ0) is 14.3. The van der Waals surface area contributed by atoms with Crippen molar-refractivity contribution in [3.05, 3.63) is 89.6 Å². The minimum atomic E-state index is -0.599. The summed E-state index contributed by atoms with van der Waals surface area (Å²) in [6.45, 7) is 0. The molecule has 3 aromatic rings. The smallest absolute Gasteiger partial charge is 0.104 e. The molecule has 112 valence electrons. The molecule has 0 saturated heterocycles. The summed E-state index contributed by atoms with van der Waals surface area (Å²) in [4.78, 5) is 4.56. The van der Waals surface area contributed by atoms with Crippen molar-refractivity contribution >= 4 is 0 Å². The average molecular weight is 467 g/mol. The first kappa shape index (κ1) is 15.1. The van der Waals surface area contributed by atoms with Gasteiger partial charge in [0.1, 0.15) is 5.60 Å². The molecule has 1 aliphatic rings. The van der Waals surface area contributed by atoms with Crippen LogP contribution in [0.1, 0.15) is 16.7 Å². The predicted octanol–water partition coefficient (Wildman–Crippen LogP) is 3.80. The topological polar surface area (TPSA) is 22.1 Å². The van der Waals surface area contributed by atoms with Gasteiger partial charge in [-0.15, -0.1) is 29.8 Å². The van der Waals surface area contributed by atoms with E-state index in [-0.39, 0.29) is 21.1 Å². The van der Waals surface area contributed by atoms with Gasteiger partial charge in [0, 0.05) is 34.4 Å². The molecule has 2 nitrogen and oxygen atoms in total. The van der Waals surface area contributed by atoms with Crippen molar-refractivity contribution in [2.75, 3.05) is 7.11 Å². The largest absolute Gasteiger partial charge is 0.374 e. The van der Waals surface area contributed by atoms with E-state index in [0.717, 1.165) is 27.9 Å². The maximum absolute atomic E-state index is 6.08. The van der Waals surface area contributed by atoms with Crippen LogP contribution in [0.25, 0.3) is 11.3 Å². The fraction of sp³-hybridized carbons (Fsp3) is 0.105. The molecular formula is C19H14NOPt-. The van der Waals surface area contributed by atoms with E-state index < -0.39 is 5.60 Å². The number of pyridine rings is 1. The van der Waals surface area contributed by atoms with Gasteiger partial charge in [0.15, 0.2) is 0 Å². The molecule has 1 aliphatic carbocycles. The Hall–Kier alpha value is -1.76. The molecule has 0 saturated carbocycles. The van der Waals surface area contributed by atoms with Crippen LogP contribution >= 0.6 is 0 Å². The van der Waals surface area contributed by atoms with Crippen LogP contribution in [0.5, 0.6) is 0 Å². The molecule has 0 aliphatic heterocycles. The zero-order valence-electron chi connectivity index (χ0n) is 12.0. The quantitative estimate of drug-likeness (QED) is 0.535. The van der Waals surface area contributed by atoms with E-state index in [1.165, 1.54) is 0 Å². The van der Waals surface area contributed by atoms with Crippen LogP contribution in [-0.2, 0) is 31.4 Å². The summed E-state index contributed by atoms with van der Waals surface area (Å²) in [5.74, 6) is 0. The van der Waals surface area contributed by atoms with Gasteiger partial charge in [-0.3, -0.25) is 0 Å². The van der Waals surface area contributed by atoms with Crippen molar-refractivity contribution in [3.8, 4) is 11.3 Å². The fourth-order valence-electron chi connectivity index (χ4n) is 3.28. The van der Waals surface area contributed by atoms with Crippen LogP contribution in [0.2, 0.25) is 0 Å². The molecule has 0 spiro atoms. The number of nitrogens with zero attached hydrogens (tertiary/aromatic N) is 1. The molecule has 0 N–H and O–H groups in total. The molecule has 0 radical (unpaired) electrons. The molecule has 2 aromatic carbocycles. The maximum atomic E-state index is 6.08. The molecule has 1 atom stereocenters. The summed E-state index contributed by atoms with van der Waals surface area (Å²) >= 11 is 0. The Labute approximate surface area is 144 Å². The Morgan fingerprint density at radius 1 is 0.955 bits per heavy atom. The fourth-order valence-corrected chi connectivity index (χ4v) is 3.28. The summed E-state index contributed by atoms with van der Waals surface area (Å²) in [6.07, 6.45) is 1.82. The second kappa shape index (κ2) is 5.79. The third kappa shape index (κ3) is 1.91. The van der Waals surface area contributed by atoms with Crippen molar-refractivity contribution in [1.29, 1.82) is 0 Å². The van der Waals surface area contributed by atoms with Gasteiger partial charge in [-0.05, 0) is 22.9 Å². The molecule has 0 amide bonds. The summed E-state index contributed by atoms with van der Waals surface area (Å²) in [5.41, 5.74) is 4.68. The zero-order valence-corrected chi connectivity index (χ0v) is 14.3. The van der Waals surface area contributed by atoms with E-state index >= 15 is 0 Å². The minimum absolute atomic E-state index is 0. The third-order valence-corrected chi connectivity index (χ3v) is 4.15. The number of rotatable bonds is 2. The van der Waals surface area contributed by atoms with Gasteiger partial charge >= 0.3 is 0 Å². The third-order valence-electron chi connectivity index (χ3n) is 4.15. The Bertz CT molecular complexity index is 756. The molecule has 1 heterocycles. The Balaban J connectivity index is 0.00000144. The van der Waals surface area contributed by atoms with Gasteiger partial charge in [0.25, 0.3) is 0 Å². The number of hydrogen-bond acceptors (Lipinski definition) is 2. The molecular weight excluding hydrogens is 453 g/mol. The molecule has 1 aromatic heterocycles. The van der Waals surface area contributed by atoms with E-state index in [0.29, 0.717) is 0 Å². The minimum Gasteiger partial charge on any atom is -0.374 e. The first-order chi connectivity index (χ1) is 10.4. The van der Waals surface area contributed by atoms with Crippen molar-refractivity contribution < 1.29 is 25.8 Å². The van der Waals surface area contributed by atoms with Crippen LogP contribution in [0, 0.1) is 6.07 Å². The van der Waals surface area contributed by atoms with Gasteiger partial charge < -0.3 is 9.72 Å². The summed E-state index contributed by atoms with van der Waals surface area (Å²) < 4.78 is 6.08. The van der Waals surface area contributed by atoms with Crippen LogP contribution in [0.3, 0.4) is 0 Å². The Morgan fingerprint density at radius 2 is 1.73 bits per heavy atom. The van der Waals surface area contributed by atoms with Gasteiger partial charge in [0.05, 0.1) is 0 Å². The first-order valence-corrected chi connectivity index (χ1v) is 6.95. The number of methoxy groups -OCH3 is 1. The summed E-state index contributed by atoms with van der Waals surface area (Å²) in [5, 5.41) is 0. The second-order valence-electron chi connectivity index (χ2n) is 5.11. The van der Waals surface area contributed by atoms with Crippen LogP contribution in [0.15, 0.2) is 66.9 Å². The number of hydrogen-bond donors (Lipinski definition) is 0. The monoisotopic (exact) mass is 467 g/mol. The molecule has 22 heavy (non-hydrogen) atoms. The maximum Gasteiger partial charge on any atom is 0.104 e. The average Bonchev–Trinajstić information content (AvgIpc) is 2.87. The number of aromatic nitrogens is 1. The molecule has 3 heteroatoms. The van der Waals surface area contributed by atoms with Gasteiger partial charge in [-0.1, -0.05) is 42.0 Å². The van der Waals surface area contributed by atoms with Crippen molar-refractivity contribution in [2.45, 2.75) is 5.60 Å². The van der Waals surface area contributed by atoms with Gasteiger partial charge in [0.2, 0.25) is 0 Å². The van der Waals surface area contributed by atoms with E-state index in [1.54, 1.807) is 7.11 Å². The number of fused-ring (bicyclic) bond motifs is 3.